The van der Waals surface area contributed by atoms with Crippen LogP contribution in [0.3, 0.4) is 0 Å². The molecule has 2 aromatic rings. The Labute approximate surface area is 99.9 Å². The molecular weight excluding hydrogens is 222 g/mol. The smallest absolute Gasteiger partial charge is 0.123 e. The van der Waals surface area contributed by atoms with Crippen LogP contribution in [-0.2, 0) is 6.42 Å². The van der Waals surface area contributed by atoms with E-state index in [2.05, 4.69) is 4.98 Å². The Morgan fingerprint density at radius 2 is 1.94 bits per heavy atom. The third kappa shape index (κ3) is 2.52. The maximum Gasteiger partial charge on any atom is 0.123 e. The highest BCUT2D eigenvalue weighted by atomic mass is 35.5. The van der Waals surface area contributed by atoms with Gasteiger partial charge in [0.1, 0.15) is 5.75 Å². The molecule has 0 atom stereocenters. The standard InChI is InChI=1S/C13H12ClNO/c1-16-13-9-12(14)3-2-11(13)8-10-4-6-15-7-5-10/h2-7,9H,8H2,1H3. The van der Waals surface area contributed by atoms with Gasteiger partial charge in [-0.3, -0.25) is 4.98 Å². The van der Waals surface area contributed by atoms with Gasteiger partial charge in [0.05, 0.1) is 7.11 Å². The molecular formula is C13H12ClNO. The van der Waals surface area contributed by atoms with Gasteiger partial charge in [0.25, 0.3) is 0 Å². The van der Waals surface area contributed by atoms with Crippen LogP contribution in [0.4, 0.5) is 0 Å². The zero-order chi connectivity index (χ0) is 11.4. The molecule has 0 unspecified atom stereocenters. The molecule has 3 heteroatoms. The summed E-state index contributed by atoms with van der Waals surface area (Å²) in [4.78, 5) is 3.99. The summed E-state index contributed by atoms with van der Waals surface area (Å²) in [6.07, 6.45) is 4.40. The third-order valence-corrected chi connectivity index (χ3v) is 2.63. The summed E-state index contributed by atoms with van der Waals surface area (Å²) < 4.78 is 5.30. The zero-order valence-electron chi connectivity index (χ0n) is 8.98. The van der Waals surface area contributed by atoms with E-state index in [1.54, 1.807) is 19.5 Å². The van der Waals surface area contributed by atoms with Crippen molar-refractivity contribution in [3.63, 3.8) is 0 Å². The van der Waals surface area contributed by atoms with E-state index in [-0.39, 0.29) is 0 Å². The molecule has 0 bridgehead atoms. The summed E-state index contributed by atoms with van der Waals surface area (Å²) in [6.45, 7) is 0. The Kier molecular flexibility index (Phi) is 3.42. The van der Waals surface area contributed by atoms with Crippen molar-refractivity contribution in [3.8, 4) is 5.75 Å². The molecule has 0 aliphatic heterocycles. The van der Waals surface area contributed by atoms with Crippen LogP contribution in [0.15, 0.2) is 42.7 Å². The topological polar surface area (TPSA) is 22.1 Å². The molecule has 0 radical (unpaired) electrons. The van der Waals surface area contributed by atoms with Gasteiger partial charge < -0.3 is 4.74 Å². The first kappa shape index (κ1) is 11.0. The average Bonchev–Trinajstić information content (AvgIpc) is 2.33. The van der Waals surface area contributed by atoms with Gasteiger partial charge in [0.15, 0.2) is 0 Å². The number of halogens is 1. The van der Waals surface area contributed by atoms with Crippen LogP contribution in [0.5, 0.6) is 5.75 Å². The molecule has 0 N–H and O–H groups in total. The number of hydrogen-bond acceptors (Lipinski definition) is 2. The van der Waals surface area contributed by atoms with Crippen molar-refractivity contribution in [2.24, 2.45) is 0 Å². The van der Waals surface area contributed by atoms with Gasteiger partial charge in [-0.2, -0.15) is 0 Å². The second-order valence-corrected chi connectivity index (χ2v) is 3.92. The van der Waals surface area contributed by atoms with Crippen molar-refractivity contribution in [1.29, 1.82) is 0 Å². The van der Waals surface area contributed by atoms with E-state index in [9.17, 15) is 0 Å². The number of rotatable bonds is 3. The van der Waals surface area contributed by atoms with E-state index in [1.807, 2.05) is 30.3 Å². The number of nitrogens with zero attached hydrogens (tertiary/aromatic N) is 1. The van der Waals surface area contributed by atoms with Crippen LogP contribution in [0.25, 0.3) is 0 Å². The summed E-state index contributed by atoms with van der Waals surface area (Å²) in [6, 6.07) is 9.68. The summed E-state index contributed by atoms with van der Waals surface area (Å²) in [7, 11) is 1.65. The van der Waals surface area contributed by atoms with Crippen LogP contribution < -0.4 is 4.74 Å². The molecule has 16 heavy (non-hydrogen) atoms. The summed E-state index contributed by atoms with van der Waals surface area (Å²) in [5.41, 5.74) is 2.33. The SMILES string of the molecule is COc1cc(Cl)ccc1Cc1ccncc1. The van der Waals surface area contributed by atoms with Crippen molar-refractivity contribution in [3.05, 3.63) is 58.9 Å². The van der Waals surface area contributed by atoms with Crippen LogP contribution in [-0.4, -0.2) is 12.1 Å². The summed E-state index contributed by atoms with van der Waals surface area (Å²) in [5.74, 6) is 0.823. The maximum absolute atomic E-state index is 5.91. The first-order chi connectivity index (χ1) is 7.79. The van der Waals surface area contributed by atoms with E-state index in [0.29, 0.717) is 5.02 Å². The van der Waals surface area contributed by atoms with Crippen molar-refractivity contribution in [2.75, 3.05) is 7.11 Å². The van der Waals surface area contributed by atoms with Crippen LogP contribution in [0, 0.1) is 0 Å². The van der Waals surface area contributed by atoms with Gasteiger partial charge in [-0.15, -0.1) is 0 Å². The molecule has 1 aromatic carbocycles. The number of benzene rings is 1. The van der Waals surface area contributed by atoms with Gasteiger partial charge in [-0.05, 0) is 35.4 Å². The fraction of sp³-hybridized carbons (Fsp3) is 0.154. The molecule has 2 rings (SSSR count). The minimum absolute atomic E-state index is 0.690. The Morgan fingerprint density at radius 1 is 1.19 bits per heavy atom. The zero-order valence-corrected chi connectivity index (χ0v) is 9.74. The summed E-state index contributed by atoms with van der Waals surface area (Å²) >= 11 is 5.91. The second kappa shape index (κ2) is 4.99. The van der Waals surface area contributed by atoms with Crippen LogP contribution in [0.1, 0.15) is 11.1 Å². The Hall–Kier alpha value is -1.54. The van der Waals surface area contributed by atoms with E-state index >= 15 is 0 Å². The lowest BCUT2D eigenvalue weighted by molar-refractivity contribution is 0.410. The number of pyridine rings is 1. The minimum atomic E-state index is 0.690. The molecule has 0 aliphatic rings. The quantitative estimate of drug-likeness (QED) is 0.811. The molecule has 0 fully saturated rings. The van der Waals surface area contributed by atoms with E-state index in [0.717, 1.165) is 17.7 Å². The Bertz CT molecular complexity index is 471. The highest BCUT2D eigenvalue weighted by Gasteiger charge is 2.04. The van der Waals surface area contributed by atoms with Gasteiger partial charge in [0, 0.05) is 23.8 Å². The van der Waals surface area contributed by atoms with Crippen LogP contribution in [0.2, 0.25) is 5.02 Å². The number of aromatic nitrogens is 1. The van der Waals surface area contributed by atoms with Crippen molar-refractivity contribution >= 4 is 11.6 Å². The van der Waals surface area contributed by atoms with Crippen molar-refractivity contribution in [2.45, 2.75) is 6.42 Å². The van der Waals surface area contributed by atoms with Gasteiger partial charge in [-0.25, -0.2) is 0 Å². The molecule has 1 aromatic heterocycles. The lowest BCUT2D eigenvalue weighted by Gasteiger charge is -2.08. The minimum Gasteiger partial charge on any atom is -0.496 e. The number of hydrogen-bond donors (Lipinski definition) is 0. The summed E-state index contributed by atoms with van der Waals surface area (Å²) in [5, 5.41) is 0.690. The van der Waals surface area contributed by atoms with Crippen molar-refractivity contribution < 1.29 is 4.74 Å². The van der Waals surface area contributed by atoms with Crippen molar-refractivity contribution in [1.82, 2.24) is 4.98 Å². The fourth-order valence-corrected chi connectivity index (χ4v) is 1.75. The third-order valence-electron chi connectivity index (χ3n) is 2.39. The van der Waals surface area contributed by atoms with Gasteiger partial charge in [-0.1, -0.05) is 17.7 Å². The first-order valence-corrected chi connectivity index (χ1v) is 5.38. The van der Waals surface area contributed by atoms with Gasteiger partial charge >= 0.3 is 0 Å². The molecule has 0 saturated carbocycles. The lowest BCUT2D eigenvalue weighted by atomic mass is 10.1. The average molecular weight is 234 g/mol. The molecule has 82 valence electrons. The second-order valence-electron chi connectivity index (χ2n) is 3.49. The molecule has 0 spiro atoms. The molecule has 2 nitrogen and oxygen atoms in total. The normalized spacial score (nSPS) is 10.1. The largest absolute Gasteiger partial charge is 0.496 e. The van der Waals surface area contributed by atoms with Gasteiger partial charge in [0.2, 0.25) is 0 Å². The molecule has 0 aliphatic carbocycles. The van der Waals surface area contributed by atoms with Crippen LogP contribution >= 0.6 is 11.6 Å². The number of ether oxygens (including phenoxy) is 1. The highest BCUT2D eigenvalue weighted by molar-refractivity contribution is 6.30. The maximum atomic E-state index is 5.91. The number of methoxy groups -OCH3 is 1. The lowest BCUT2D eigenvalue weighted by Crippen LogP contribution is -1.93. The fourth-order valence-electron chi connectivity index (χ4n) is 1.58. The van der Waals surface area contributed by atoms with E-state index in [4.69, 9.17) is 16.3 Å². The molecule has 0 saturated heterocycles. The highest BCUT2D eigenvalue weighted by Crippen LogP contribution is 2.25. The Morgan fingerprint density at radius 3 is 2.62 bits per heavy atom. The molecule has 1 heterocycles. The predicted molar refractivity (Wildman–Crippen MR) is 65.0 cm³/mol. The monoisotopic (exact) mass is 233 g/mol. The Balaban J connectivity index is 2.28. The van der Waals surface area contributed by atoms with E-state index < -0.39 is 0 Å². The van der Waals surface area contributed by atoms with E-state index in [1.165, 1.54) is 5.56 Å². The first-order valence-electron chi connectivity index (χ1n) is 5.01. The predicted octanol–water partition coefficient (Wildman–Crippen LogP) is 3.33. The molecule has 0 amide bonds.